The number of imide groups is 1. The SMILES string of the molecule is CCCCCCSC1=C(SCCCCCC)C(=O)N(Cc2cn(C3C(=O)N[C@@H]4Cc5ccc(c(Cl)c5)Oc5cc6cc(c5O)Oc5ccc(cc5Cl)[C@@H](O[C@@H]5O[C@H](CO)[C@@H](O)[C@H](O)[C@H]5NC(C)=O)[C@H]5NC(=O)[C@H](NC(O)[C@@H]6NC(=O)[C@@H](NC4=O)c4cc(O)cc(c4)Oc4cc3ccc4O)c3ccc(O)c(c3)-c3c(O)cc(O)cc3[C@H](C(=O)O)NC5=O)nn2)C1=O. The minimum Gasteiger partial charge on any atom is -0.508 e. The average Bonchev–Trinajstić information content (AvgIpc) is 1.46. The molecule has 36 nitrogen and oxygen atoms in total. The number of carboxylic acids is 1. The van der Waals surface area contributed by atoms with Crippen molar-refractivity contribution in [3.8, 4) is 80.1 Å². The van der Waals surface area contributed by atoms with Gasteiger partial charge in [-0.3, -0.25) is 48.6 Å². The number of fused-ring (bicyclic) bond motifs is 14. The van der Waals surface area contributed by atoms with Crippen LogP contribution >= 0.6 is 46.7 Å². The molecule has 1 aromatic heterocycles. The number of aromatic hydroxyl groups is 6. The Kier molecular flexibility index (Phi) is 27.3. The van der Waals surface area contributed by atoms with E-state index in [-0.39, 0.29) is 67.1 Å². The standard InChI is InChI=1S/C85H87Cl2N11O25S2/c1-4-6-8-10-20-124-74-75(125-21-11-9-7-5-2)83(116)97(82(74)115)34-44-35-98(96-95-44)69-40-14-17-54(104)58(28-40)119-47-25-42(24-45(101)31-47)64-78(111)92-65-43-29-59(120-56-18-12-38(22-50(56)86)23-52(76(109)90-64)89-81(69)114)70(106)60(30-43)121-57-19-15-41(27-51(57)87)73(123-85-67(88-37(3)100)72(108)71(107)61(36-99)122-85)68-80(113)93-66(84(117)118)49-32-46(102)33-55(105)62(49)48-26-39(13-16-53(48)103)63(77(110)94-68)91-79(65)112/h12-19,22,24-33,35,52,61,63-69,71-73,79,85,91,99,101-108,112H,4-11,20-21,23,34,36H2,1-3H3,(H,88,100)(H,89,114)(H,90,109)(H,92,111)(H,93,113)(H,94,110)(H,117,118)/t52-,61-,63-,64+,65-,66-,67-,68-,69?,71-,72-,73-,79?,85+/m1/s1. The van der Waals surface area contributed by atoms with Crippen molar-refractivity contribution in [2.45, 2.75) is 170 Å². The van der Waals surface area contributed by atoms with E-state index in [0.717, 1.165) is 135 Å². The second-order valence-electron chi connectivity index (χ2n) is 30.6. The van der Waals surface area contributed by atoms with E-state index < -0.39 is 226 Å². The summed E-state index contributed by atoms with van der Waals surface area (Å²) in [5, 5.41) is 155. The maximum absolute atomic E-state index is 16.3. The molecule has 8 aromatic rings. The largest absolute Gasteiger partial charge is 0.508 e. The van der Waals surface area contributed by atoms with Gasteiger partial charge >= 0.3 is 5.97 Å². The Morgan fingerprint density at radius 1 is 0.592 bits per heavy atom. The lowest BCUT2D eigenvalue weighted by atomic mass is 9.89. The number of thioether (sulfide) groups is 2. The number of halogens is 2. The van der Waals surface area contributed by atoms with Crippen molar-refractivity contribution in [1.29, 1.82) is 0 Å². The molecule has 9 heterocycles. The molecule has 125 heavy (non-hydrogen) atoms. The Morgan fingerprint density at radius 2 is 1.22 bits per heavy atom. The number of carboxylic acid groups (broad SMARTS) is 1. The van der Waals surface area contributed by atoms with Gasteiger partial charge in [-0.1, -0.05) is 105 Å². The van der Waals surface area contributed by atoms with Crippen LogP contribution in [0.1, 0.15) is 153 Å². The van der Waals surface area contributed by atoms with Gasteiger partial charge in [0.25, 0.3) is 11.8 Å². The summed E-state index contributed by atoms with van der Waals surface area (Å²) in [6.07, 6.45) is -4.06. The zero-order valence-corrected chi connectivity index (χ0v) is 70.0. The van der Waals surface area contributed by atoms with Gasteiger partial charge in [0.15, 0.2) is 41.4 Å². The summed E-state index contributed by atoms with van der Waals surface area (Å²) in [6.45, 7) is 3.80. The van der Waals surface area contributed by atoms with Gasteiger partial charge in [-0.15, -0.1) is 28.6 Å². The predicted octanol–water partition coefficient (Wildman–Crippen LogP) is 7.63. The number of nitrogens with zero attached hydrogens (tertiary/aromatic N) is 4. The third-order valence-corrected chi connectivity index (χ3v) is 24.8. The van der Waals surface area contributed by atoms with E-state index in [1.807, 2.05) is 0 Å². The lowest BCUT2D eigenvalue weighted by molar-refractivity contribution is -0.284. The number of hydrogen-bond donors (Lipinski definition) is 18. The fourth-order valence-electron chi connectivity index (χ4n) is 15.5. The van der Waals surface area contributed by atoms with Crippen LogP contribution in [-0.2, 0) is 65.6 Å². The van der Waals surface area contributed by atoms with E-state index in [9.17, 15) is 75.3 Å². The summed E-state index contributed by atoms with van der Waals surface area (Å²) in [6, 6.07) is 5.11. The predicted molar refractivity (Wildman–Crippen MR) is 447 cm³/mol. The van der Waals surface area contributed by atoms with Crippen molar-refractivity contribution in [2.24, 2.45) is 0 Å². The zero-order valence-electron chi connectivity index (χ0n) is 66.8. The van der Waals surface area contributed by atoms with E-state index in [4.69, 9.17) is 46.9 Å². The first-order chi connectivity index (χ1) is 59.9. The van der Waals surface area contributed by atoms with Crippen LogP contribution < -0.4 is 51.4 Å². The van der Waals surface area contributed by atoms with E-state index >= 15 is 24.0 Å². The summed E-state index contributed by atoms with van der Waals surface area (Å²) in [7, 11) is 0. The number of carbonyl (C=O) groups is 9. The van der Waals surface area contributed by atoms with Crippen LogP contribution in [0.5, 0.6) is 69.0 Å². The molecule has 18 N–H and O–H groups in total. The highest BCUT2D eigenvalue weighted by molar-refractivity contribution is 8.08. The smallest absolute Gasteiger partial charge is 0.330 e. The van der Waals surface area contributed by atoms with Crippen molar-refractivity contribution in [1.82, 2.24) is 57.1 Å². The first-order valence-corrected chi connectivity index (χ1v) is 42.6. The lowest BCUT2D eigenvalue weighted by Gasteiger charge is -2.44. The molecule has 40 heteroatoms. The zero-order chi connectivity index (χ0) is 89.1. The fourth-order valence-corrected chi connectivity index (χ4v) is 18.3. The van der Waals surface area contributed by atoms with Gasteiger partial charge in [-0.25, -0.2) is 9.48 Å². The minimum atomic E-state index is -2.50. The van der Waals surface area contributed by atoms with Gasteiger partial charge in [0.05, 0.1) is 45.2 Å². The van der Waals surface area contributed by atoms with Crippen LogP contribution in [0.15, 0.2) is 131 Å². The van der Waals surface area contributed by atoms with Gasteiger partial charge in [-0.2, -0.15) is 0 Å². The Morgan fingerprint density at radius 3 is 1.88 bits per heavy atom. The maximum Gasteiger partial charge on any atom is 0.330 e. The molecule has 8 amide bonds. The number of ether oxygens (including phenoxy) is 5. The fraction of sp³-hybridized carbons (Fsp3) is 0.353. The number of amides is 8. The molecule has 17 bridgehead atoms. The molecule has 0 aliphatic carbocycles. The van der Waals surface area contributed by atoms with Crippen LogP contribution in [0.3, 0.4) is 0 Å². The number of unbranched alkanes of at least 4 members (excludes halogenated alkanes) is 6. The molecule has 658 valence electrons. The Hall–Kier alpha value is -12.0. The highest BCUT2D eigenvalue weighted by Gasteiger charge is 2.50. The van der Waals surface area contributed by atoms with Crippen LogP contribution in [0.4, 0.5) is 0 Å². The summed E-state index contributed by atoms with van der Waals surface area (Å²) in [5.74, 6) is -15.8. The Balaban J connectivity index is 0.902. The molecule has 0 spiro atoms. The van der Waals surface area contributed by atoms with Crippen molar-refractivity contribution >= 4 is 100.0 Å². The number of phenolic OH excluding ortho intramolecular Hbond substituents is 6. The summed E-state index contributed by atoms with van der Waals surface area (Å²) < 4.78 is 32.9. The van der Waals surface area contributed by atoms with Gasteiger partial charge in [0, 0.05) is 42.2 Å². The van der Waals surface area contributed by atoms with E-state index in [1.165, 1.54) is 78.3 Å². The molecule has 1 fully saturated rings. The van der Waals surface area contributed by atoms with Crippen LogP contribution in [-0.4, -0.2) is 196 Å². The number of benzene rings is 7. The molecule has 0 radical (unpaired) electrons. The van der Waals surface area contributed by atoms with Gasteiger partial charge < -0.3 is 112 Å². The number of rotatable bonds is 20. The molecule has 16 rings (SSSR count). The summed E-state index contributed by atoms with van der Waals surface area (Å²) >= 11 is 17.0. The van der Waals surface area contributed by atoms with Crippen molar-refractivity contribution in [3.05, 3.63) is 186 Å². The molecule has 8 aliphatic rings. The maximum atomic E-state index is 16.3. The number of nitrogens with one attached hydrogen (secondary N) is 7. The topological polar surface area (TPSA) is 540 Å². The Labute approximate surface area is 730 Å². The molecule has 8 aliphatic heterocycles. The van der Waals surface area contributed by atoms with E-state index in [2.05, 4.69) is 61.4 Å². The van der Waals surface area contributed by atoms with Crippen LogP contribution in [0, 0.1) is 0 Å². The molecular formula is C85H87Cl2N11O25S2. The number of carbonyl (C=O) groups excluding carboxylic acids is 8. The molecule has 14 atom stereocenters. The molecule has 2 unspecified atom stereocenters. The van der Waals surface area contributed by atoms with E-state index in [1.54, 1.807) is 0 Å². The van der Waals surface area contributed by atoms with Gasteiger partial charge in [0.1, 0.15) is 107 Å². The molecule has 0 saturated carbocycles. The molecule has 1 saturated heterocycles. The monoisotopic (exact) mass is 1800 g/mol. The highest BCUT2D eigenvalue weighted by Crippen LogP contribution is 2.50. The second kappa shape index (κ2) is 38.3. The number of aliphatic hydroxyl groups is 4. The molecular weight excluding hydrogens is 1710 g/mol. The van der Waals surface area contributed by atoms with Crippen LogP contribution in [0.2, 0.25) is 10.0 Å². The third-order valence-electron chi connectivity index (χ3n) is 21.7. The average molecular weight is 1800 g/mol. The minimum absolute atomic E-state index is 0.0347. The first kappa shape index (κ1) is 89.3. The van der Waals surface area contributed by atoms with Crippen molar-refractivity contribution < 1.29 is 123 Å². The quantitative estimate of drug-likeness (QED) is 0.0257. The number of hydrogen-bond acceptors (Lipinski definition) is 29. The van der Waals surface area contributed by atoms with Crippen molar-refractivity contribution in [2.75, 3.05) is 18.1 Å². The first-order valence-electron chi connectivity index (χ1n) is 39.9. The molecule has 7 aromatic carbocycles. The van der Waals surface area contributed by atoms with E-state index in [0.29, 0.717) is 21.3 Å². The Bertz CT molecular complexity index is 5570. The third kappa shape index (κ3) is 19.3. The van der Waals surface area contributed by atoms with Crippen molar-refractivity contribution in [3.63, 3.8) is 0 Å². The number of aliphatic carboxylic acids is 1. The number of phenols is 6. The second-order valence-corrected chi connectivity index (χ2v) is 33.6. The van der Waals surface area contributed by atoms with Crippen LogP contribution in [0.25, 0.3) is 11.1 Å². The lowest BCUT2D eigenvalue weighted by Crippen LogP contribution is -2.65. The summed E-state index contributed by atoms with van der Waals surface area (Å²) in [5.41, 5.74) is -2.59. The van der Waals surface area contributed by atoms with Gasteiger partial charge in [0.2, 0.25) is 41.2 Å². The summed E-state index contributed by atoms with van der Waals surface area (Å²) in [4.78, 5) is 137. The normalized spacial score (nSPS) is 23.8. The van der Waals surface area contributed by atoms with Gasteiger partial charge in [-0.05, 0) is 137 Å². The number of aliphatic hydroxyl groups excluding tert-OH is 4. The number of aromatic nitrogens is 3. The highest BCUT2D eigenvalue weighted by atomic mass is 35.5.